The summed E-state index contributed by atoms with van der Waals surface area (Å²) in [6, 6.07) is 12.9. The fourth-order valence-electron chi connectivity index (χ4n) is 3.15. The fourth-order valence-corrected chi connectivity index (χ4v) is 3.15. The Kier molecular flexibility index (Phi) is 5.84. The molecule has 0 bridgehead atoms. The maximum absolute atomic E-state index is 12.7. The van der Waals surface area contributed by atoms with Crippen LogP contribution >= 0.6 is 0 Å². The van der Waals surface area contributed by atoms with Crippen LogP contribution in [0, 0.1) is 0 Å². The average Bonchev–Trinajstić information content (AvgIpc) is 3.62. The van der Waals surface area contributed by atoms with Crippen LogP contribution in [-0.2, 0) is 6.54 Å². The van der Waals surface area contributed by atoms with Crippen LogP contribution in [0.4, 0.5) is 10.5 Å². The fraction of sp³-hybridized carbons (Fsp3) is 0.227. The number of benzene rings is 2. The number of anilines is 1. The minimum Gasteiger partial charge on any atom is -0.335 e. The number of aryl methyl sites for hydroxylation is 1. The van der Waals surface area contributed by atoms with Crippen LogP contribution in [0.15, 0.2) is 53.3 Å². The van der Waals surface area contributed by atoms with Crippen molar-refractivity contribution in [3.8, 4) is 0 Å². The lowest BCUT2D eigenvalue weighted by Crippen LogP contribution is -2.42. The maximum atomic E-state index is 12.7. The van der Waals surface area contributed by atoms with Crippen LogP contribution < -0.4 is 27.0 Å². The number of carbonyl (C=O) groups is 3. The summed E-state index contributed by atoms with van der Waals surface area (Å²) in [6.45, 7) is 2.05. The summed E-state index contributed by atoms with van der Waals surface area (Å²) in [5, 5.41) is 10.4. The third kappa shape index (κ3) is 4.59. The highest BCUT2D eigenvalue weighted by Gasteiger charge is 2.23. The quantitative estimate of drug-likeness (QED) is 0.454. The Morgan fingerprint density at radius 3 is 2.28 bits per heavy atom. The molecule has 0 unspecified atom stereocenters. The van der Waals surface area contributed by atoms with Gasteiger partial charge in [-0.05, 0) is 50.1 Å². The maximum Gasteiger partial charge on any atom is 0.319 e. The first-order valence-corrected chi connectivity index (χ1v) is 10.2. The van der Waals surface area contributed by atoms with E-state index in [4.69, 9.17) is 0 Å². The van der Waals surface area contributed by atoms with Crippen molar-refractivity contribution in [2.24, 2.45) is 0 Å². The Morgan fingerprint density at radius 2 is 1.62 bits per heavy atom. The average molecular weight is 434 g/mol. The molecule has 1 fully saturated rings. The third-order valence-corrected chi connectivity index (χ3v) is 4.99. The van der Waals surface area contributed by atoms with Crippen LogP contribution in [0.2, 0.25) is 0 Å². The first-order valence-electron chi connectivity index (χ1n) is 10.2. The molecule has 0 aliphatic heterocycles. The normalized spacial score (nSPS) is 12.8. The van der Waals surface area contributed by atoms with Gasteiger partial charge >= 0.3 is 6.03 Å². The molecule has 10 heteroatoms. The molecule has 0 spiro atoms. The van der Waals surface area contributed by atoms with Gasteiger partial charge in [0, 0.05) is 29.2 Å². The zero-order chi connectivity index (χ0) is 22.7. The Bertz CT molecular complexity index is 1250. The van der Waals surface area contributed by atoms with Gasteiger partial charge in [0.1, 0.15) is 0 Å². The van der Waals surface area contributed by atoms with Gasteiger partial charge in [0.15, 0.2) is 5.69 Å². The third-order valence-electron chi connectivity index (χ3n) is 4.99. The molecule has 1 saturated carbocycles. The first kappa shape index (κ1) is 21.0. The molecule has 4 amide bonds. The summed E-state index contributed by atoms with van der Waals surface area (Å²) in [7, 11) is 0. The van der Waals surface area contributed by atoms with Gasteiger partial charge in [-0.2, -0.15) is 5.10 Å². The summed E-state index contributed by atoms with van der Waals surface area (Å²) >= 11 is 0. The lowest BCUT2D eigenvalue weighted by Gasteiger charge is -2.11. The van der Waals surface area contributed by atoms with Crippen LogP contribution in [0.1, 0.15) is 40.6 Å². The summed E-state index contributed by atoms with van der Waals surface area (Å²) in [6.07, 6.45) is 1.98. The van der Waals surface area contributed by atoms with Gasteiger partial charge in [0.2, 0.25) is 0 Å². The number of hydrogen-bond donors (Lipinski definition) is 4. The molecular formula is C22H22N6O4. The standard InChI is InChI=1S/C22H22N6O4/c1-2-28-21(31)17-6-4-3-5-16(17)18(27-28)20(30)26-25-19(29)13-7-9-14(10-8-13)23-22(32)24-15-11-12-15/h3-10,15H,2,11-12H2,1H3,(H,25,29)(H,26,30)(H2,23,24,32). The molecule has 0 saturated heterocycles. The van der Waals surface area contributed by atoms with E-state index < -0.39 is 11.8 Å². The smallest absolute Gasteiger partial charge is 0.319 e. The number of aromatic nitrogens is 2. The van der Waals surface area contributed by atoms with Crippen molar-refractivity contribution in [3.63, 3.8) is 0 Å². The van der Waals surface area contributed by atoms with Gasteiger partial charge in [-0.15, -0.1) is 0 Å². The van der Waals surface area contributed by atoms with Crippen molar-refractivity contribution in [2.75, 3.05) is 5.32 Å². The second-order valence-electron chi connectivity index (χ2n) is 7.37. The van der Waals surface area contributed by atoms with E-state index >= 15 is 0 Å². The van der Waals surface area contributed by atoms with E-state index in [1.54, 1.807) is 43.3 Å². The second-order valence-corrected chi connectivity index (χ2v) is 7.37. The molecule has 0 atom stereocenters. The Labute approximate surface area is 183 Å². The Balaban J connectivity index is 1.42. The van der Waals surface area contributed by atoms with Gasteiger partial charge in [0.25, 0.3) is 17.4 Å². The molecule has 32 heavy (non-hydrogen) atoms. The summed E-state index contributed by atoms with van der Waals surface area (Å²) in [5.74, 6) is -1.19. The van der Waals surface area contributed by atoms with Gasteiger partial charge in [0.05, 0.1) is 5.39 Å². The molecule has 0 radical (unpaired) electrons. The molecule has 4 N–H and O–H groups in total. The Hall–Kier alpha value is -4.21. The number of nitrogens with one attached hydrogen (secondary N) is 4. The number of hydrogen-bond acceptors (Lipinski definition) is 5. The zero-order valence-electron chi connectivity index (χ0n) is 17.3. The molecule has 1 heterocycles. The van der Waals surface area contributed by atoms with Crippen LogP contribution in [0.25, 0.3) is 10.8 Å². The number of amides is 4. The van der Waals surface area contributed by atoms with Gasteiger partial charge in [-0.3, -0.25) is 25.2 Å². The van der Waals surface area contributed by atoms with Crippen molar-refractivity contribution < 1.29 is 14.4 Å². The SMILES string of the molecule is CCn1nc(C(=O)NNC(=O)c2ccc(NC(=O)NC3CC3)cc2)c2ccccc2c1=O. The van der Waals surface area contributed by atoms with Crippen LogP contribution in [-0.4, -0.2) is 33.7 Å². The predicted octanol–water partition coefficient (Wildman–Crippen LogP) is 1.78. The number of nitrogens with zero attached hydrogens (tertiary/aromatic N) is 2. The molecule has 1 aliphatic rings. The minimum absolute atomic E-state index is 0.0311. The molecular weight excluding hydrogens is 412 g/mol. The Morgan fingerprint density at radius 1 is 0.969 bits per heavy atom. The molecule has 4 rings (SSSR count). The number of carbonyl (C=O) groups excluding carboxylic acids is 3. The summed E-state index contributed by atoms with van der Waals surface area (Å²) in [4.78, 5) is 49.3. The molecule has 1 aliphatic carbocycles. The number of rotatable bonds is 5. The van der Waals surface area contributed by atoms with Crippen molar-refractivity contribution in [1.29, 1.82) is 0 Å². The minimum atomic E-state index is -0.646. The monoisotopic (exact) mass is 434 g/mol. The topological polar surface area (TPSA) is 134 Å². The van der Waals surface area contributed by atoms with Crippen molar-refractivity contribution >= 4 is 34.3 Å². The number of fused-ring (bicyclic) bond motifs is 1. The lowest BCUT2D eigenvalue weighted by molar-refractivity contribution is 0.0843. The van der Waals surface area contributed by atoms with E-state index in [0.29, 0.717) is 23.0 Å². The molecule has 164 valence electrons. The zero-order valence-corrected chi connectivity index (χ0v) is 17.3. The number of urea groups is 1. The molecule has 3 aromatic rings. The summed E-state index contributed by atoms with van der Waals surface area (Å²) < 4.78 is 1.20. The van der Waals surface area contributed by atoms with E-state index in [1.165, 1.54) is 16.8 Å². The molecule has 10 nitrogen and oxygen atoms in total. The van der Waals surface area contributed by atoms with Crippen molar-refractivity contribution in [1.82, 2.24) is 25.9 Å². The van der Waals surface area contributed by atoms with E-state index in [9.17, 15) is 19.2 Å². The second kappa shape index (κ2) is 8.88. The van der Waals surface area contributed by atoms with E-state index in [0.717, 1.165) is 12.8 Å². The summed E-state index contributed by atoms with van der Waals surface area (Å²) in [5.41, 5.74) is 5.25. The van der Waals surface area contributed by atoms with E-state index in [2.05, 4.69) is 26.6 Å². The molecule has 1 aromatic heterocycles. The van der Waals surface area contributed by atoms with Gasteiger partial charge in [-0.25, -0.2) is 9.48 Å². The van der Waals surface area contributed by atoms with Crippen LogP contribution in [0.5, 0.6) is 0 Å². The van der Waals surface area contributed by atoms with E-state index in [1.807, 2.05) is 0 Å². The highest BCUT2D eigenvalue weighted by molar-refractivity contribution is 6.06. The van der Waals surface area contributed by atoms with Crippen molar-refractivity contribution in [2.45, 2.75) is 32.4 Å². The van der Waals surface area contributed by atoms with Crippen molar-refractivity contribution in [3.05, 3.63) is 70.1 Å². The largest absolute Gasteiger partial charge is 0.335 e. The highest BCUT2D eigenvalue weighted by Crippen LogP contribution is 2.19. The van der Waals surface area contributed by atoms with Crippen LogP contribution in [0.3, 0.4) is 0 Å². The lowest BCUT2D eigenvalue weighted by atomic mass is 10.1. The van der Waals surface area contributed by atoms with Gasteiger partial charge < -0.3 is 10.6 Å². The van der Waals surface area contributed by atoms with Gasteiger partial charge in [-0.1, -0.05) is 18.2 Å². The predicted molar refractivity (Wildman–Crippen MR) is 118 cm³/mol. The first-order chi connectivity index (χ1) is 15.5. The molecule has 2 aromatic carbocycles. The highest BCUT2D eigenvalue weighted by atomic mass is 16.2. The number of hydrazine groups is 1. The van der Waals surface area contributed by atoms with E-state index in [-0.39, 0.29) is 28.9 Å².